The molecule has 0 saturated carbocycles. The van der Waals surface area contributed by atoms with Crippen molar-refractivity contribution in [3.8, 4) is 0 Å². The lowest BCUT2D eigenvalue weighted by Gasteiger charge is -2.25. The first-order valence-electron chi connectivity index (χ1n) is 10.7. The lowest BCUT2D eigenvalue weighted by Crippen LogP contribution is -2.35. The molecule has 1 aromatic heterocycles. The predicted molar refractivity (Wildman–Crippen MR) is 120 cm³/mol. The molecule has 2 aromatic carbocycles. The highest BCUT2D eigenvalue weighted by Crippen LogP contribution is 2.19. The van der Waals surface area contributed by atoms with E-state index in [0.717, 1.165) is 67.4 Å². The van der Waals surface area contributed by atoms with E-state index in [0.29, 0.717) is 12.3 Å². The van der Waals surface area contributed by atoms with E-state index in [9.17, 15) is 4.79 Å². The number of hydrogen-bond donors (Lipinski definition) is 2. The molecule has 0 bridgehead atoms. The summed E-state index contributed by atoms with van der Waals surface area (Å²) in [7, 11) is 0. The van der Waals surface area contributed by atoms with Gasteiger partial charge in [0.2, 0.25) is 5.91 Å². The lowest BCUT2D eigenvalue weighted by atomic mass is 10.0. The Morgan fingerprint density at radius 2 is 1.87 bits per heavy atom. The summed E-state index contributed by atoms with van der Waals surface area (Å²) in [4.78, 5) is 22.9. The first-order valence-corrected chi connectivity index (χ1v) is 10.7. The Morgan fingerprint density at radius 1 is 1.13 bits per heavy atom. The highest BCUT2D eigenvalue weighted by molar-refractivity contribution is 5.94. The van der Waals surface area contributed by atoms with Crippen LogP contribution in [-0.4, -0.2) is 47.1 Å². The van der Waals surface area contributed by atoms with Gasteiger partial charge in [0, 0.05) is 18.8 Å². The molecular weight excluding hydrogens is 376 g/mol. The molecule has 1 fully saturated rings. The second kappa shape index (κ2) is 9.41. The fourth-order valence-electron chi connectivity index (χ4n) is 3.84. The summed E-state index contributed by atoms with van der Waals surface area (Å²) in [5.41, 5.74) is 4.97. The number of rotatable bonds is 7. The molecular formula is C24H30N4O2. The number of anilines is 1. The van der Waals surface area contributed by atoms with Gasteiger partial charge >= 0.3 is 0 Å². The number of benzene rings is 2. The van der Waals surface area contributed by atoms with Gasteiger partial charge in [0.05, 0.1) is 37.2 Å². The Morgan fingerprint density at radius 3 is 2.60 bits per heavy atom. The summed E-state index contributed by atoms with van der Waals surface area (Å²) in [6.45, 7) is 8.61. The van der Waals surface area contributed by atoms with Crippen LogP contribution >= 0.6 is 0 Å². The number of H-pyrrole nitrogens is 1. The third-order valence-electron chi connectivity index (χ3n) is 5.32. The summed E-state index contributed by atoms with van der Waals surface area (Å²) >= 11 is 0. The first-order chi connectivity index (χ1) is 14.5. The molecule has 0 spiro atoms. The van der Waals surface area contributed by atoms with Gasteiger partial charge in [0.25, 0.3) is 0 Å². The molecule has 3 aromatic rings. The number of carbonyl (C=O) groups is 1. The van der Waals surface area contributed by atoms with Crippen LogP contribution in [0.2, 0.25) is 0 Å². The van der Waals surface area contributed by atoms with Crippen molar-refractivity contribution in [1.82, 2.24) is 14.9 Å². The number of carbonyl (C=O) groups excluding carboxylic acids is 1. The van der Waals surface area contributed by atoms with Crippen LogP contribution in [0, 0.1) is 5.92 Å². The second-order valence-corrected chi connectivity index (χ2v) is 8.44. The van der Waals surface area contributed by atoms with Crippen molar-refractivity contribution in [3.05, 3.63) is 59.4 Å². The van der Waals surface area contributed by atoms with Crippen LogP contribution in [0.5, 0.6) is 0 Å². The summed E-state index contributed by atoms with van der Waals surface area (Å²) in [6, 6.07) is 14.1. The average molecular weight is 407 g/mol. The number of ether oxygens (including phenoxy) is 1. The van der Waals surface area contributed by atoms with E-state index >= 15 is 0 Å². The van der Waals surface area contributed by atoms with Gasteiger partial charge in [0.15, 0.2) is 0 Å². The summed E-state index contributed by atoms with van der Waals surface area (Å²) in [5.74, 6) is 1.56. The molecule has 158 valence electrons. The number of hydrogen-bond acceptors (Lipinski definition) is 4. The summed E-state index contributed by atoms with van der Waals surface area (Å²) < 4.78 is 5.40. The number of imidazole rings is 1. The van der Waals surface area contributed by atoms with Gasteiger partial charge in [-0.1, -0.05) is 38.1 Å². The van der Waals surface area contributed by atoms with Gasteiger partial charge < -0.3 is 15.0 Å². The fourth-order valence-corrected chi connectivity index (χ4v) is 3.84. The van der Waals surface area contributed by atoms with E-state index in [1.54, 1.807) is 0 Å². The third kappa shape index (κ3) is 5.46. The van der Waals surface area contributed by atoms with E-state index in [2.05, 4.69) is 46.2 Å². The lowest BCUT2D eigenvalue weighted by molar-refractivity contribution is -0.115. The van der Waals surface area contributed by atoms with Gasteiger partial charge in [-0.3, -0.25) is 9.69 Å². The molecule has 1 amide bonds. The third-order valence-corrected chi connectivity index (χ3v) is 5.32. The number of amides is 1. The molecule has 1 aliphatic heterocycles. The zero-order chi connectivity index (χ0) is 20.9. The molecule has 0 radical (unpaired) electrons. The van der Waals surface area contributed by atoms with Gasteiger partial charge in [-0.15, -0.1) is 0 Å². The minimum Gasteiger partial charge on any atom is -0.379 e. The van der Waals surface area contributed by atoms with Crippen molar-refractivity contribution in [2.45, 2.75) is 33.2 Å². The van der Waals surface area contributed by atoms with Crippen LogP contribution in [0.1, 0.15) is 30.8 Å². The molecule has 0 unspecified atom stereocenters. The first kappa shape index (κ1) is 20.6. The molecule has 1 aliphatic rings. The topological polar surface area (TPSA) is 70.2 Å². The van der Waals surface area contributed by atoms with Crippen molar-refractivity contribution in [2.75, 3.05) is 31.6 Å². The van der Waals surface area contributed by atoms with Gasteiger partial charge in [-0.2, -0.15) is 0 Å². The van der Waals surface area contributed by atoms with Crippen molar-refractivity contribution < 1.29 is 9.53 Å². The van der Waals surface area contributed by atoms with Gasteiger partial charge in [-0.25, -0.2) is 4.98 Å². The normalized spacial score (nSPS) is 15.0. The maximum atomic E-state index is 12.5. The van der Waals surface area contributed by atoms with Crippen LogP contribution in [0.15, 0.2) is 42.5 Å². The predicted octanol–water partition coefficient (Wildman–Crippen LogP) is 3.77. The largest absolute Gasteiger partial charge is 0.379 e. The van der Waals surface area contributed by atoms with Crippen LogP contribution < -0.4 is 5.32 Å². The van der Waals surface area contributed by atoms with Crippen molar-refractivity contribution in [3.63, 3.8) is 0 Å². The molecule has 2 N–H and O–H groups in total. The van der Waals surface area contributed by atoms with E-state index in [1.165, 1.54) is 5.56 Å². The maximum Gasteiger partial charge on any atom is 0.228 e. The monoisotopic (exact) mass is 406 g/mol. The zero-order valence-corrected chi connectivity index (χ0v) is 17.8. The maximum absolute atomic E-state index is 12.5. The highest BCUT2D eigenvalue weighted by atomic mass is 16.5. The van der Waals surface area contributed by atoms with Crippen LogP contribution in [-0.2, 0) is 28.9 Å². The second-order valence-electron chi connectivity index (χ2n) is 8.44. The molecule has 1 saturated heterocycles. The number of nitrogens with one attached hydrogen (secondary N) is 2. The van der Waals surface area contributed by atoms with Crippen LogP contribution in [0.4, 0.5) is 5.69 Å². The van der Waals surface area contributed by atoms with Crippen molar-refractivity contribution in [2.24, 2.45) is 5.92 Å². The minimum atomic E-state index is -0.0148. The van der Waals surface area contributed by atoms with Crippen molar-refractivity contribution >= 4 is 22.6 Å². The Labute approximate surface area is 177 Å². The van der Waals surface area contributed by atoms with Crippen LogP contribution in [0.25, 0.3) is 11.0 Å². The van der Waals surface area contributed by atoms with E-state index in [4.69, 9.17) is 4.74 Å². The van der Waals surface area contributed by atoms with E-state index in [-0.39, 0.29) is 5.91 Å². The molecule has 2 heterocycles. The molecule has 30 heavy (non-hydrogen) atoms. The Kier molecular flexibility index (Phi) is 6.45. The highest BCUT2D eigenvalue weighted by Gasteiger charge is 2.13. The smallest absolute Gasteiger partial charge is 0.228 e. The van der Waals surface area contributed by atoms with Crippen LogP contribution in [0.3, 0.4) is 0 Å². The molecule has 6 nitrogen and oxygen atoms in total. The molecule has 4 rings (SSSR count). The van der Waals surface area contributed by atoms with E-state index in [1.807, 2.05) is 30.3 Å². The minimum absolute atomic E-state index is 0.0148. The molecule has 0 aliphatic carbocycles. The quantitative estimate of drug-likeness (QED) is 0.627. The fraction of sp³-hybridized carbons (Fsp3) is 0.417. The number of aromatic amines is 1. The summed E-state index contributed by atoms with van der Waals surface area (Å²) in [6.07, 6.45) is 1.43. The Balaban J connectivity index is 1.36. The molecule has 6 heteroatoms. The van der Waals surface area contributed by atoms with Gasteiger partial charge in [-0.05, 0) is 41.7 Å². The average Bonchev–Trinajstić information content (AvgIpc) is 3.11. The SMILES string of the molecule is CC(C)Cc1ccc(CC(=O)Nc2ccc3nc(CN4CCOCC4)[nH]c3c2)cc1. The Bertz CT molecular complexity index is 988. The number of nitrogens with zero attached hydrogens (tertiary/aromatic N) is 2. The molecule has 0 atom stereocenters. The van der Waals surface area contributed by atoms with E-state index < -0.39 is 0 Å². The Hall–Kier alpha value is -2.70. The number of fused-ring (bicyclic) bond motifs is 1. The van der Waals surface area contributed by atoms with Crippen molar-refractivity contribution in [1.29, 1.82) is 0 Å². The number of aromatic nitrogens is 2. The summed E-state index contributed by atoms with van der Waals surface area (Å²) in [5, 5.41) is 3.01. The number of morpholine rings is 1. The zero-order valence-electron chi connectivity index (χ0n) is 17.8. The standard InChI is InChI=1S/C24H30N4O2/c1-17(2)13-18-3-5-19(6-4-18)14-24(29)25-20-7-8-21-22(15-20)27-23(26-21)16-28-9-11-30-12-10-28/h3-8,15,17H,9-14,16H2,1-2H3,(H,25,29)(H,26,27). The van der Waals surface area contributed by atoms with Gasteiger partial charge in [0.1, 0.15) is 5.82 Å².